The van der Waals surface area contributed by atoms with Gasteiger partial charge in [-0.2, -0.15) is 0 Å². The summed E-state index contributed by atoms with van der Waals surface area (Å²) in [6, 6.07) is 11.9. The van der Waals surface area contributed by atoms with Crippen LogP contribution < -0.4 is 14.8 Å². The van der Waals surface area contributed by atoms with Gasteiger partial charge in [-0.25, -0.2) is 9.37 Å². The lowest BCUT2D eigenvalue weighted by Crippen LogP contribution is -2.15. The van der Waals surface area contributed by atoms with Crippen LogP contribution in [0.25, 0.3) is 11.3 Å². The molecule has 2 heterocycles. The highest BCUT2D eigenvalue weighted by molar-refractivity contribution is 7.14. The van der Waals surface area contributed by atoms with Crippen molar-refractivity contribution in [3.63, 3.8) is 0 Å². The third-order valence-corrected chi connectivity index (χ3v) is 4.88. The molecule has 2 aromatic carbocycles. The quantitative estimate of drug-likeness (QED) is 0.713. The minimum Gasteiger partial charge on any atom is -0.486 e. The molecule has 138 valence electrons. The maximum absolute atomic E-state index is 13.3. The molecule has 0 spiro atoms. The lowest BCUT2D eigenvalue weighted by molar-refractivity contribution is -0.116. The van der Waals surface area contributed by atoms with Crippen LogP contribution in [0.5, 0.6) is 11.5 Å². The Balaban J connectivity index is 1.35. The number of halogens is 1. The van der Waals surface area contributed by atoms with E-state index >= 15 is 0 Å². The standard InChI is InChI=1S/C20H17FN2O3S/c21-15-3-1-2-14(11-15)16-12-27-20(22-16)23-19(24)7-5-13-4-6-17-18(10-13)26-9-8-25-17/h1-4,6,10-12H,5,7-9H2,(H,22,23,24). The van der Waals surface area contributed by atoms with E-state index in [-0.39, 0.29) is 11.7 Å². The van der Waals surface area contributed by atoms with Gasteiger partial charge < -0.3 is 14.8 Å². The number of fused-ring (bicyclic) bond motifs is 1. The first-order valence-corrected chi connectivity index (χ1v) is 9.45. The predicted octanol–water partition coefficient (Wildman–Crippen LogP) is 4.29. The largest absolute Gasteiger partial charge is 0.486 e. The van der Waals surface area contributed by atoms with Crippen LogP contribution >= 0.6 is 11.3 Å². The highest BCUT2D eigenvalue weighted by Gasteiger charge is 2.13. The monoisotopic (exact) mass is 384 g/mol. The number of carbonyl (C=O) groups is 1. The van der Waals surface area contributed by atoms with Crippen LogP contribution in [0.4, 0.5) is 9.52 Å². The minimum absolute atomic E-state index is 0.120. The summed E-state index contributed by atoms with van der Waals surface area (Å²) in [5.41, 5.74) is 2.33. The minimum atomic E-state index is -0.314. The molecular formula is C20H17FN2O3S. The summed E-state index contributed by atoms with van der Waals surface area (Å²) in [6.45, 7) is 1.09. The van der Waals surface area contributed by atoms with Crippen LogP contribution in [0, 0.1) is 5.82 Å². The molecule has 1 N–H and O–H groups in total. The second-order valence-electron chi connectivity index (χ2n) is 6.07. The van der Waals surface area contributed by atoms with E-state index in [0.717, 1.165) is 17.1 Å². The molecule has 3 aromatic rings. The Morgan fingerprint density at radius 3 is 2.85 bits per heavy atom. The summed E-state index contributed by atoms with van der Waals surface area (Å²) in [5.74, 6) is 1.02. The summed E-state index contributed by atoms with van der Waals surface area (Å²) in [4.78, 5) is 16.6. The molecule has 7 heteroatoms. The van der Waals surface area contributed by atoms with Crippen molar-refractivity contribution in [1.29, 1.82) is 0 Å². The number of aryl methyl sites for hydroxylation is 1. The van der Waals surface area contributed by atoms with E-state index in [1.165, 1.54) is 23.5 Å². The van der Waals surface area contributed by atoms with Crippen molar-refractivity contribution in [1.82, 2.24) is 4.98 Å². The SMILES string of the molecule is O=C(CCc1ccc2c(c1)OCCO2)Nc1nc(-c2cccc(F)c2)cs1. The van der Waals surface area contributed by atoms with E-state index in [1.54, 1.807) is 17.5 Å². The Morgan fingerprint density at radius 1 is 1.15 bits per heavy atom. The van der Waals surface area contributed by atoms with E-state index in [9.17, 15) is 9.18 Å². The van der Waals surface area contributed by atoms with E-state index < -0.39 is 0 Å². The van der Waals surface area contributed by atoms with Gasteiger partial charge >= 0.3 is 0 Å². The van der Waals surface area contributed by atoms with Crippen LogP contribution in [0.15, 0.2) is 47.8 Å². The average Bonchev–Trinajstić information content (AvgIpc) is 3.15. The highest BCUT2D eigenvalue weighted by atomic mass is 32.1. The van der Waals surface area contributed by atoms with Crippen molar-refractivity contribution >= 4 is 22.4 Å². The third kappa shape index (κ3) is 4.25. The number of aromatic nitrogens is 1. The number of carbonyl (C=O) groups excluding carboxylic acids is 1. The molecule has 1 amide bonds. The third-order valence-electron chi connectivity index (χ3n) is 4.12. The average molecular weight is 384 g/mol. The van der Waals surface area contributed by atoms with E-state index in [1.807, 2.05) is 18.2 Å². The number of benzene rings is 2. The van der Waals surface area contributed by atoms with Gasteiger partial charge in [-0.15, -0.1) is 11.3 Å². The lowest BCUT2D eigenvalue weighted by atomic mass is 10.1. The molecule has 0 atom stereocenters. The Hall–Kier alpha value is -2.93. The number of thiazole rings is 1. The van der Waals surface area contributed by atoms with Gasteiger partial charge in [0.2, 0.25) is 5.91 Å². The van der Waals surface area contributed by atoms with Crippen molar-refractivity contribution in [2.45, 2.75) is 12.8 Å². The van der Waals surface area contributed by atoms with E-state index in [0.29, 0.717) is 42.4 Å². The zero-order valence-electron chi connectivity index (χ0n) is 14.4. The number of hydrogen-bond donors (Lipinski definition) is 1. The number of nitrogens with zero attached hydrogens (tertiary/aromatic N) is 1. The van der Waals surface area contributed by atoms with Gasteiger partial charge in [0.15, 0.2) is 16.6 Å². The van der Waals surface area contributed by atoms with Crippen LogP contribution in [0.2, 0.25) is 0 Å². The summed E-state index contributed by atoms with van der Waals surface area (Å²) in [5, 5.41) is 5.10. The van der Waals surface area contributed by atoms with Crippen LogP contribution in [-0.4, -0.2) is 24.1 Å². The molecule has 4 rings (SSSR count). The van der Waals surface area contributed by atoms with Gasteiger partial charge in [0, 0.05) is 17.4 Å². The molecule has 0 unspecified atom stereocenters. The molecule has 0 fully saturated rings. The molecule has 0 bridgehead atoms. The second kappa shape index (κ2) is 7.75. The summed E-state index contributed by atoms with van der Waals surface area (Å²) in [7, 11) is 0. The van der Waals surface area contributed by atoms with Gasteiger partial charge in [0.25, 0.3) is 0 Å². The molecule has 0 aliphatic carbocycles. The first-order valence-electron chi connectivity index (χ1n) is 8.57. The van der Waals surface area contributed by atoms with Gasteiger partial charge in [0.05, 0.1) is 5.69 Å². The van der Waals surface area contributed by atoms with Crippen molar-refractivity contribution in [3.8, 4) is 22.8 Å². The molecule has 0 saturated heterocycles. The Labute approximate surface area is 159 Å². The molecule has 1 aliphatic heterocycles. The van der Waals surface area contributed by atoms with E-state index in [4.69, 9.17) is 9.47 Å². The summed E-state index contributed by atoms with van der Waals surface area (Å²) < 4.78 is 24.4. The Kier molecular flexibility index (Phi) is 5.02. The number of hydrogen-bond acceptors (Lipinski definition) is 5. The van der Waals surface area contributed by atoms with Crippen LogP contribution in [0.1, 0.15) is 12.0 Å². The zero-order valence-corrected chi connectivity index (χ0v) is 15.2. The first-order chi connectivity index (χ1) is 13.2. The maximum Gasteiger partial charge on any atom is 0.226 e. The van der Waals surface area contributed by atoms with Gasteiger partial charge in [-0.1, -0.05) is 18.2 Å². The number of amides is 1. The van der Waals surface area contributed by atoms with Crippen LogP contribution in [0.3, 0.4) is 0 Å². The fraction of sp³-hybridized carbons (Fsp3) is 0.200. The molecule has 0 saturated carbocycles. The number of ether oxygens (including phenoxy) is 2. The van der Waals surface area contributed by atoms with Crippen molar-refractivity contribution in [2.24, 2.45) is 0 Å². The summed E-state index contributed by atoms with van der Waals surface area (Å²) >= 11 is 1.32. The molecular weight excluding hydrogens is 367 g/mol. The number of anilines is 1. The Morgan fingerprint density at radius 2 is 2.00 bits per heavy atom. The zero-order chi connectivity index (χ0) is 18.6. The van der Waals surface area contributed by atoms with E-state index in [2.05, 4.69) is 10.3 Å². The predicted molar refractivity (Wildman–Crippen MR) is 102 cm³/mol. The smallest absolute Gasteiger partial charge is 0.226 e. The molecule has 1 aromatic heterocycles. The molecule has 27 heavy (non-hydrogen) atoms. The molecule has 0 radical (unpaired) electrons. The van der Waals surface area contributed by atoms with Gasteiger partial charge in [-0.3, -0.25) is 4.79 Å². The van der Waals surface area contributed by atoms with Crippen molar-refractivity contribution < 1.29 is 18.7 Å². The first kappa shape index (κ1) is 17.5. The van der Waals surface area contributed by atoms with Gasteiger partial charge in [-0.05, 0) is 36.2 Å². The normalized spacial score (nSPS) is 12.6. The maximum atomic E-state index is 13.3. The topological polar surface area (TPSA) is 60.5 Å². The van der Waals surface area contributed by atoms with Crippen LogP contribution in [-0.2, 0) is 11.2 Å². The highest BCUT2D eigenvalue weighted by Crippen LogP contribution is 2.31. The second-order valence-corrected chi connectivity index (χ2v) is 6.93. The van der Waals surface area contributed by atoms with Gasteiger partial charge in [0.1, 0.15) is 19.0 Å². The number of nitrogens with one attached hydrogen (secondary N) is 1. The molecule has 5 nitrogen and oxygen atoms in total. The van der Waals surface area contributed by atoms with Crippen molar-refractivity contribution in [2.75, 3.05) is 18.5 Å². The lowest BCUT2D eigenvalue weighted by Gasteiger charge is -2.18. The van der Waals surface area contributed by atoms with Crippen molar-refractivity contribution in [3.05, 3.63) is 59.2 Å². The Bertz CT molecular complexity index is 973. The fourth-order valence-electron chi connectivity index (χ4n) is 2.79. The fourth-order valence-corrected chi connectivity index (χ4v) is 3.53. The summed E-state index contributed by atoms with van der Waals surface area (Å²) in [6.07, 6.45) is 0.916. The molecule has 1 aliphatic rings. The number of rotatable bonds is 5.